The summed E-state index contributed by atoms with van der Waals surface area (Å²) >= 11 is 1.87. The molecule has 0 aromatic rings. The van der Waals surface area contributed by atoms with Gasteiger partial charge in [-0.1, -0.05) is 40.0 Å². The highest BCUT2D eigenvalue weighted by Gasteiger charge is 2.15. The second-order valence-electron chi connectivity index (χ2n) is 4.47. The number of ketones is 1. The van der Waals surface area contributed by atoms with Gasteiger partial charge < -0.3 is 5.73 Å². The van der Waals surface area contributed by atoms with Crippen LogP contribution in [0.15, 0.2) is 0 Å². The van der Waals surface area contributed by atoms with Gasteiger partial charge in [-0.15, -0.1) is 0 Å². The van der Waals surface area contributed by atoms with Gasteiger partial charge in [0, 0.05) is 12.2 Å². The third-order valence-electron chi connectivity index (χ3n) is 3.14. The van der Waals surface area contributed by atoms with Crippen molar-refractivity contribution >= 4 is 17.5 Å². The fourth-order valence-corrected chi connectivity index (χ4v) is 3.31. The molecule has 0 spiro atoms. The van der Waals surface area contributed by atoms with E-state index in [0.29, 0.717) is 6.42 Å². The topological polar surface area (TPSA) is 43.1 Å². The summed E-state index contributed by atoms with van der Waals surface area (Å²) in [5, 5.41) is 0. The maximum Gasteiger partial charge on any atom is 0.150 e. The van der Waals surface area contributed by atoms with Gasteiger partial charge in [0.25, 0.3) is 0 Å². The Morgan fingerprint density at radius 3 is 2.41 bits per heavy atom. The lowest BCUT2D eigenvalue weighted by Gasteiger charge is -2.21. The van der Waals surface area contributed by atoms with E-state index in [0.717, 1.165) is 11.7 Å². The van der Waals surface area contributed by atoms with E-state index in [1.54, 1.807) is 0 Å². The van der Waals surface area contributed by atoms with Crippen LogP contribution in [-0.4, -0.2) is 23.3 Å². The molecule has 0 aromatic carbocycles. The highest BCUT2D eigenvalue weighted by Crippen LogP contribution is 2.26. The van der Waals surface area contributed by atoms with Crippen molar-refractivity contribution in [1.82, 2.24) is 0 Å². The van der Waals surface area contributed by atoms with Crippen LogP contribution in [0.3, 0.4) is 0 Å². The number of hydrogen-bond donors (Lipinski definition) is 1. The normalized spacial score (nSPS) is 18.1. The Morgan fingerprint density at radius 2 is 1.88 bits per heavy atom. The lowest BCUT2D eigenvalue weighted by Crippen LogP contribution is -2.32. The van der Waals surface area contributed by atoms with Crippen LogP contribution in [-0.2, 0) is 4.79 Å². The van der Waals surface area contributed by atoms with E-state index in [-0.39, 0.29) is 11.8 Å². The summed E-state index contributed by atoms with van der Waals surface area (Å²) in [6.45, 7) is 5.88. The Bertz CT molecular complexity index is 191. The largest absolute Gasteiger partial charge is 0.321 e. The van der Waals surface area contributed by atoms with Gasteiger partial charge in [0.05, 0.1) is 6.04 Å². The van der Waals surface area contributed by atoms with Gasteiger partial charge in [-0.05, 0) is 24.5 Å². The van der Waals surface area contributed by atoms with Crippen molar-refractivity contribution in [3.05, 3.63) is 0 Å². The van der Waals surface area contributed by atoms with Crippen molar-refractivity contribution in [2.45, 2.75) is 65.3 Å². The molecule has 0 amide bonds. The lowest BCUT2D eigenvalue weighted by molar-refractivity contribution is -0.119. The van der Waals surface area contributed by atoms with Crippen LogP contribution in [0.1, 0.15) is 59.3 Å². The highest BCUT2D eigenvalue weighted by atomic mass is 32.2. The molecule has 2 nitrogen and oxygen atoms in total. The van der Waals surface area contributed by atoms with Crippen LogP contribution in [0.25, 0.3) is 0 Å². The summed E-state index contributed by atoms with van der Waals surface area (Å²) in [7, 11) is 0. The summed E-state index contributed by atoms with van der Waals surface area (Å²) in [5.74, 6) is 3.09. The minimum Gasteiger partial charge on any atom is -0.321 e. The number of Topliss-reactive ketones (excluding diaryl/α,β-unsaturated/α-hetero) is 1. The number of hydrogen-bond acceptors (Lipinski definition) is 3. The van der Waals surface area contributed by atoms with Gasteiger partial charge in [-0.25, -0.2) is 0 Å². The monoisotopic (exact) mass is 259 g/mol. The Morgan fingerprint density at radius 1 is 1.29 bits per heavy atom. The number of thioether (sulfide) groups is 1. The molecule has 1 atom stereocenters. The second-order valence-corrected chi connectivity index (χ2v) is 5.54. The van der Waals surface area contributed by atoms with E-state index < -0.39 is 0 Å². The van der Waals surface area contributed by atoms with E-state index >= 15 is 0 Å². The molecule has 3 heteroatoms. The van der Waals surface area contributed by atoms with Crippen LogP contribution in [0.2, 0.25) is 0 Å². The van der Waals surface area contributed by atoms with Crippen molar-refractivity contribution in [3.8, 4) is 0 Å². The van der Waals surface area contributed by atoms with E-state index in [2.05, 4.69) is 0 Å². The van der Waals surface area contributed by atoms with Crippen LogP contribution in [0.4, 0.5) is 0 Å². The van der Waals surface area contributed by atoms with E-state index in [4.69, 9.17) is 5.73 Å². The molecule has 1 saturated carbocycles. The fourth-order valence-electron chi connectivity index (χ4n) is 2.07. The molecule has 1 rings (SSSR count). The molecule has 0 aliphatic heterocycles. The van der Waals surface area contributed by atoms with Crippen LogP contribution >= 0.6 is 11.8 Å². The standard InChI is InChI=1S/C12H23NOS.C2H6/c1-2-12(14)11(13)9-15-8-10-6-4-3-5-7-10;1-2/h10-11H,2-9,13H2,1H3;1-2H3. The van der Waals surface area contributed by atoms with Crippen LogP contribution in [0, 0.1) is 5.92 Å². The zero-order valence-electron chi connectivity index (χ0n) is 11.7. The zero-order chi connectivity index (χ0) is 13.1. The molecule has 2 N–H and O–H groups in total. The second kappa shape index (κ2) is 11.1. The first kappa shape index (κ1) is 17.0. The minimum absolute atomic E-state index is 0.200. The van der Waals surface area contributed by atoms with Gasteiger partial charge in [0.1, 0.15) is 5.78 Å². The first-order valence-corrected chi connectivity index (χ1v) is 8.25. The number of nitrogens with two attached hydrogens (primary N) is 1. The third kappa shape index (κ3) is 7.82. The summed E-state index contributed by atoms with van der Waals surface area (Å²) in [4.78, 5) is 11.3. The van der Waals surface area contributed by atoms with Crippen molar-refractivity contribution in [1.29, 1.82) is 0 Å². The van der Waals surface area contributed by atoms with Crippen LogP contribution in [0.5, 0.6) is 0 Å². The molecule has 0 bridgehead atoms. The lowest BCUT2D eigenvalue weighted by atomic mass is 9.91. The first-order valence-electron chi connectivity index (χ1n) is 7.10. The maximum atomic E-state index is 11.3. The van der Waals surface area contributed by atoms with Gasteiger partial charge in [-0.3, -0.25) is 4.79 Å². The molecule has 0 aromatic heterocycles. The highest BCUT2D eigenvalue weighted by molar-refractivity contribution is 7.99. The van der Waals surface area contributed by atoms with E-state index in [1.807, 2.05) is 32.5 Å². The molecule has 0 saturated heterocycles. The fraction of sp³-hybridized carbons (Fsp3) is 0.929. The molecule has 1 aliphatic carbocycles. The van der Waals surface area contributed by atoms with Gasteiger partial charge in [0.2, 0.25) is 0 Å². The predicted octanol–water partition coefficient (Wildman–Crippen LogP) is 3.63. The summed E-state index contributed by atoms with van der Waals surface area (Å²) in [6.07, 6.45) is 7.53. The minimum atomic E-state index is -0.233. The average Bonchev–Trinajstić information content (AvgIpc) is 2.41. The van der Waals surface area contributed by atoms with Crippen molar-refractivity contribution in [2.75, 3.05) is 11.5 Å². The van der Waals surface area contributed by atoms with Gasteiger partial charge in [-0.2, -0.15) is 11.8 Å². The number of carbonyl (C=O) groups is 1. The molecule has 0 heterocycles. The maximum absolute atomic E-state index is 11.3. The molecule has 0 radical (unpaired) electrons. The van der Waals surface area contributed by atoms with Crippen molar-refractivity contribution < 1.29 is 4.79 Å². The summed E-state index contributed by atoms with van der Waals surface area (Å²) in [6, 6.07) is -0.233. The quantitative estimate of drug-likeness (QED) is 0.792. The smallest absolute Gasteiger partial charge is 0.150 e. The average molecular weight is 259 g/mol. The molecule has 17 heavy (non-hydrogen) atoms. The summed E-state index contributed by atoms with van der Waals surface area (Å²) < 4.78 is 0. The van der Waals surface area contributed by atoms with Crippen molar-refractivity contribution in [3.63, 3.8) is 0 Å². The van der Waals surface area contributed by atoms with E-state index in [9.17, 15) is 4.79 Å². The van der Waals surface area contributed by atoms with Crippen molar-refractivity contribution in [2.24, 2.45) is 11.7 Å². The Labute approximate surface area is 111 Å². The third-order valence-corrected chi connectivity index (χ3v) is 4.44. The SMILES string of the molecule is CC.CCC(=O)C(N)CSCC1CCCCC1. The molecule has 1 fully saturated rings. The molecule has 1 unspecified atom stereocenters. The van der Waals surface area contributed by atoms with E-state index in [1.165, 1.54) is 37.9 Å². The zero-order valence-corrected chi connectivity index (χ0v) is 12.5. The first-order chi connectivity index (χ1) is 8.24. The molecular weight excluding hydrogens is 230 g/mol. The molecule has 1 aliphatic rings. The molecule has 102 valence electrons. The van der Waals surface area contributed by atoms with Crippen LogP contribution < -0.4 is 5.73 Å². The number of rotatable bonds is 6. The molecular formula is C14H29NOS. The summed E-state index contributed by atoms with van der Waals surface area (Å²) in [5.41, 5.74) is 5.77. The Kier molecular flexibility index (Phi) is 11.1. The Balaban J connectivity index is 0.00000121. The number of carbonyl (C=O) groups excluding carboxylic acids is 1. The van der Waals surface area contributed by atoms with Gasteiger partial charge >= 0.3 is 0 Å². The predicted molar refractivity (Wildman–Crippen MR) is 78.5 cm³/mol. The Hall–Kier alpha value is -0.0200. The van der Waals surface area contributed by atoms with Gasteiger partial charge in [0.15, 0.2) is 0 Å².